The molecule has 0 aromatic heterocycles. The Morgan fingerprint density at radius 2 is 2.00 bits per heavy atom. The first kappa shape index (κ1) is 25.2. The van der Waals surface area contributed by atoms with Gasteiger partial charge < -0.3 is 28.4 Å². The van der Waals surface area contributed by atoms with E-state index in [-0.39, 0.29) is 24.4 Å². The lowest BCUT2D eigenvalue weighted by molar-refractivity contribution is -0.201. The molecule has 10 atom stereocenters. The Morgan fingerprint density at radius 3 is 2.69 bits per heavy atom. The molecule has 3 aliphatic heterocycles. The van der Waals surface area contributed by atoms with Crippen LogP contribution in [0.15, 0.2) is 12.2 Å². The normalized spacial score (nSPS) is 46.2. The third kappa shape index (κ3) is 2.97. The maximum absolute atomic E-state index is 13.3. The minimum Gasteiger partial charge on any atom is -0.466 e. The highest BCUT2D eigenvalue weighted by Gasteiger charge is 2.91. The molecule has 0 aromatic rings. The lowest BCUT2D eigenvalue weighted by atomic mass is 9.54. The molecule has 5 rings (SSSR count). The maximum atomic E-state index is 13.3. The quantitative estimate of drug-likeness (QED) is 0.199. The first-order chi connectivity index (χ1) is 17.2. The molecule has 5 fully saturated rings. The van der Waals surface area contributed by atoms with Gasteiger partial charge in [0.25, 0.3) is 6.47 Å². The van der Waals surface area contributed by atoms with Crippen LogP contribution in [0.5, 0.6) is 0 Å². The zero-order chi connectivity index (χ0) is 25.9. The topological polar surface area (TPSA) is 124 Å². The molecular formula is C26H34O10. The number of ether oxygens (including phenoxy) is 6. The summed E-state index contributed by atoms with van der Waals surface area (Å²) in [7, 11) is 1.28. The van der Waals surface area contributed by atoms with E-state index in [1.165, 1.54) is 19.3 Å². The van der Waals surface area contributed by atoms with Crippen LogP contribution in [0.1, 0.15) is 52.9 Å². The smallest absolute Gasteiger partial charge is 0.338 e. The predicted molar refractivity (Wildman–Crippen MR) is 121 cm³/mol. The van der Waals surface area contributed by atoms with Gasteiger partial charge in [-0.05, 0) is 32.1 Å². The molecule has 0 N–H and O–H groups in total. The van der Waals surface area contributed by atoms with Crippen LogP contribution in [0.3, 0.4) is 0 Å². The number of esters is 3. The molecule has 0 aromatic carbocycles. The fourth-order valence-electron chi connectivity index (χ4n) is 8.55. The summed E-state index contributed by atoms with van der Waals surface area (Å²) < 4.78 is 35.0. The van der Waals surface area contributed by atoms with Crippen molar-refractivity contribution in [3.05, 3.63) is 12.2 Å². The Labute approximate surface area is 209 Å². The Bertz CT molecular complexity index is 978. The molecule has 198 valence electrons. The summed E-state index contributed by atoms with van der Waals surface area (Å²) in [6, 6.07) is 0. The number of methoxy groups -OCH3 is 1. The van der Waals surface area contributed by atoms with E-state index < -0.39 is 58.9 Å². The van der Waals surface area contributed by atoms with Crippen LogP contribution in [0.4, 0.5) is 0 Å². The van der Waals surface area contributed by atoms with E-state index in [1.807, 2.05) is 13.8 Å². The van der Waals surface area contributed by atoms with Gasteiger partial charge in [-0.25, -0.2) is 9.59 Å². The van der Waals surface area contributed by atoms with Crippen LogP contribution in [0, 0.1) is 28.6 Å². The van der Waals surface area contributed by atoms with Gasteiger partial charge in [0.2, 0.25) is 6.29 Å². The summed E-state index contributed by atoms with van der Waals surface area (Å²) in [5.41, 5.74) is -2.76. The zero-order valence-electron chi connectivity index (χ0n) is 21.1. The molecule has 10 nitrogen and oxygen atoms in total. The van der Waals surface area contributed by atoms with E-state index in [0.29, 0.717) is 19.3 Å². The van der Waals surface area contributed by atoms with Gasteiger partial charge in [-0.3, -0.25) is 9.59 Å². The van der Waals surface area contributed by atoms with Gasteiger partial charge in [0, 0.05) is 12.0 Å². The third-order valence-electron chi connectivity index (χ3n) is 9.67. The Morgan fingerprint density at radius 1 is 1.22 bits per heavy atom. The second-order valence-corrected chi connectivity index (χ2v) is 10.8. The van der Waals surface area contributed by atoms with Crippen LogP contribution in [-0.4, -0.2) is 68.3 Å². The highest BCUT2D eigenvalue weighted by Crippen LogP contribution is 2.80. The highest BCUT2D eigenvalue weighted by atomic mass is 16.7. The summed E-state index contributed by atoms with van der Waals surface area (Å²) in [6.07, 6.45) is 3.38. The summed E-state index contributed by atoms with van der Waals surface area (Å²) in [5, 5.41) is 0. The van der Waals surface area contributed by atoms with Gasteiger partial charge in [-0.15, -0.1) is 0 Å². The monoisotopic (exact) mass is 506 g/mol. The molecule has 3 saturated heterocycles. The largest absolute Gasteiger partial charge is 0.466 e. The Balaban J connectivity index is 1.62. The van der Waals surface area contributed by atoms with Gasteiger partial charge in [0.15, 0.2) is 6.10 Å². The molecule has 36 heavy (non-hydrogen) atoms. The number of rotatable bonds is 9. The van der Waals surface area contributed by atoms with Crippen LogP contribution in [-0.2, 0) is 47.6 Å². The zero-order valence-corrected chi connectivity index (χ0v) is 21.1. The molecule has 5 aliphatic rings. The Kier molecular flexibility index (Phi) is 6.18. The van der Waals surface area contributed by atoms with E-state index in [0.717, 1.165) is 19.3 Å². The van der Waals surface area contributed by atoms with Crippen LogP contribution >= 0.6 is 0 Å². The van der Waals surface area contributed by atoms with Crippen molar-refractivity contribution < 1.29 is 47.6 Å². The van der Waals surface area contributed by atoms with Crippen molar-refractivity contribution >= 4 is 24.4 Å². The molecule has 9 unspecified atom stereocenters. The first-order valence-electron chi connectivity index (χ1n) is 12.8. The van der Waals surface area contributed by atoms with Crippen molar-refractivity contribution in [2.45, 2.75) is 83.1 Å². The van der Waals surface area contributed by atoms with E-state index in [4.69, 9.17) is 23.7 Å². The molecule has 2 saturated carbocycles. The van der Waals surface area contributed by atoms with Crippen LogP contribution < -0.4 is 0 Å². The molecule has 10 heteroatoms. The minimum atomic E-state index is -1.00. The van der Waals surface area contributed by atoms with Gasteiger partial charge >= 0.3 is 17.9 Å². The first-order valence-corrected chi connectivity index (χ1v) is 12.8. The second kappa shape index (κ2) is 8.83. The number of carbonyl (C=O) groups excluding carboxylic acids is 4. The van der Waals surface area contributed by atoms with Crippen molar-refractivity contribution in [2.24, 2.45) is 28.6 Å². The fraction of sp³-hybridized carbons (Fsp3) is 0.769. The minimum absolute atomic E-state index is 0.0198. The second-order valence-electron chi connectivity index (χ2n) is 10.8. The molecule has 3 heterocycles. The van der Waals surface area contributed by atoms with E-state index in [2.05, 4.69) is 11.7 Å². The number of unbranched alkanes of at least 4 members (excludes halogenated alkanes) is 1. The highest BCUT2D eigenvalue weighted by molar-refractivity contribution is 5.82. The fourth-order valence-corrected chi connectivity index (χ4v) is 8.55. The number of carbonyl (C=O) groups is 4. The van der Waals surface area contributed by atoms with Crippen LogP contribution in [0.25, 0.3) is 0 Å². The van der Waals surface area contributed by atoms with Crippen molar-refractivity contribution in [2.75, 3.05) is 13.7 Å². The summed E-state index contributed by atoms with van der Waals surface area (Å²) >= 11 is 0. The van der Waals surface area contributed by atoms with Crippen LogP contribution in [0.2, 0.25) is 0 Å². The van der Waals surface area contributed by atoms with Crippen molar-refractivity contribution in [3.8, 4) is 0 Å². The molecule has 0 radical (unpaired) electrons. The lowest BCUT2D eigenvalue weighted by Crippen LogP contribution is -2.59. The maximum Gasteiger partial charge on any atom is 0.338 e. The van der Waals surface area contributed by atoms with Gasteiger partial charge in [-0.1, -0.05) is 32.8 Å². The number of fused-ring (bicyclic) bond motifs is 2. The van der Waals surface area contributed by atoms with E-state index >= 15 is 0 Å². The summed E-state index contributed by atoms with van der Waals surface area (Å²) in [4.78, 5) is 49.1. The summed E-state index contributed by atoms with van der Waals surface area (Å²) in [6.45, 7) is 6.31. The average molecular weight is 507 g/mol. The lowest BCUT2D eigenvalue weighted by Gasteiger charge is -2.48. The van der Waals surface area contributed by atoms with Crippen molar-refractivity contribution in [1.29, 1.82) is 0 Å². The third-order valence-corrected chi connectivity index (χ3v) is 9.67. The molecule has 0 bridgehead atoms. The number of hydrogen-bond acceptors (Lipinski definition) is 10. The standard InChI is InChI=1S/C26H34O10/c1-5-6-8-15-11-17(33-13-27)25-12-16-19(14(2)21(29)34-16)24(25,3)36-23-26(15,25)20(22(30)35-23)32-10-7-9-18(28)31-4/h7,9,13-17,19-20,23H,5-6,8,10-12H2,1-4H3/b9-7+/t14?,15-,16?,17?,19?,20?,23?,24?,25?,26?/m1/s1. The predicted octanol–water partition coefficient (Wildman–Crippen LogP) is 2.08. The van der Waals surface area contributed by atoms with E-state index in [9.17, 15) is 19.2 Å². The molecule has 2 spiro atoms. The SMILES string of the molecule is CCCC[C@@H]1CC(OC=O)C23CC4OC(=O)C(C)C4C2(C)OC2OC(=O)C(OC/C=C/C(=O)OC)C213. The number of hydrogen-bond donors (Lipinski definition) is 0. The van der Waals surface area contributed by atoms with E-state index in [1.54, 1.807) is 0 Å². The van der Waals surface area contributed by atoms with Gasteiger partial charge in [-0.2, -0.15) is 0 Å². The van der Waals surface area contributed by atoms with Gasteiger partial charge in [0.1, 0.15) is 12.2 Å². The van der Waals surface area contributed by atoms with Gasteiger partial charge in [0.05, 0.1) is 36.1 Å². The van der Waals surface area contributed by atoms with Crippen molar-refractivity contribution in [1.82, 2.24) is 0 Å². The molecule has 0 amide bonds. The molecular weight excluding hydrogens is 472 g/mol. The van der Waals surface area contributed by atoms with Crippen molar-refractivity contribution in [3.63, 3.8) is 0 Å². The molecule has 2 aliphatic carbocycles. The summed E-state index contributed by atoms with van der Waals surface area (Å²) in [5.74, 6) is -2.14. The average Bonchev–Trinajstić information content (AvgIpc) is 3.51. The Hall–Kier alpha value is -2.46.